The largest absolute Gasteiger partial charge is 0.497 e. The number of methoxy groups -OCH3 is 1. The van der Waals surface area contributed by atoms with E-state index in [1.54, 1.807) is 7.11 Å². The molecular formula is C11H18N2O2. The van der Waals surface area contributed by atoms with Crippen LogP contribution in [0.2, 0.25) is 0 Å². The van der Waals surface area contributed by atoms with E-state index in [2.05, 4.69) is 5.32 Å². The molecule has 0 radical (unpaired) electrons. The predicted octanol–water partition coefficient (Wildman–Crippen LogP) is 0.277. The first-order valence-electron chi connectivity index (χ1n) is 5.00. The molecule has 15 heavy (non-hydrogen) atoms. The number of aliphatic hydroxyl groups is 1. The van der Waals surface area contributed by atoms with Gasteiger partial charge >= 0.3 is 0 Å². The van der Waals surface area contributed by atoms with Crippen molar-refractivity contribution in [2.24, 2.45) is 5.73 Å². The third-order valence-electron chi connectivity index (χ3n) is 2.23. The van der Waals surface area contributed by atoms with Crippen LogP contribution in [0.3, 0.4) is 0 Å². The normalized spacial score (nSPS) is 12.5. The Morgan fingerprint density at radius 2 is 2.33 bits per heavy atom. The van der Waals surface area contributed by atoms with Crippen LogP contribution in [0.5, 0.6) is 5.75 Å². The van der Waals surface area contributed by atoms with Crippen molar-refractivity contribution in [2.45, 2.75) is 6.04 Å². The molecule has 0 aromatic heterocycles. The van der Waals surface area contributed by atoms with Crippen LogP contribution >= 0.6 is 0 Å². The first-order valence-corrected chi connectivity index (χ1v) is 5.00. The van der Waals surface area contributed by atoms with Gasteiger partial charge in [-0.15, -0.1) is 0 Å². The first kappa shape index (κ1) is 12.0. The Morgan fingerprint density at radius 3 is 2.93 bits per heavy atom. The van der Waals surface area contributed by atoms with E-state index in [0.717, 1.165) is 11.3 Å². The van der Waals surface area contributed by atoms with Gasteiger partial charge in [0.1, 0.15) is 5.75 Å². The number of hydrogen-bond acceptors (Lipinski definition) is 4. The monoisotopic (exact) mass is 210 g/mol. The third kappa shape index (κ3) is 3.51. The Morgan fingerprint density at radius 1 is 1.53 bits per heavy atom. The molecule has 1 aromatic rings. The molecule has 4 heteroatoms. The summed E-state index contributed by atoms with van der Waals surface area (Å²) >= 11 is 0. The van der Waals surface area contributed by atoms with Crippen LogP contribution in [0.15, 0.2) is 24.3 Å². The molecule has 1 atom stereocenters. The van der Waals surface area contributed by atoms with Gasteiger partial charge in [-0.25, -0.2) is 0 Å². The first-order chi connectivity index (χ1) is 7.31. The highest BCUT2D eigenvalue weighted by Crippen LogP contribution is 2.18. The van der Waals surface area contributed by atoms with Crippen molar-refractivity contribution in [3.05, 3.63) is 29.8 Å². The molecular weight excluding hydrogens is 192 g/mol. The van der Waals surface area contributed by atoms with E-state index < -0.39 is 0 Å². The molecule has 0 aliphatic rings. The minimum atomic E-state index is 0.0623. The van der Waals surface area contributed by atoms with Crippen LogP contribution in [-0.4, -0.2) is 31.9 Å². The second-order valence-corrected chi connectivity index (χ2v) is 3.24. The van der Waals surface area contributed by atoms with Gasteiger partial charge in [-0.1, -0.05) is 12.1 Å². The summed E-state index contributed by atoms with van der Waals surface area (Å²) in [5, 5.41) is 11.9. The van der Waals surface area contributed by atoms with E-state index in [1.165, 1.54) is 0 Å². The van der Waals surface area contributed by atoms with E-state index in [-0.39, 0.29) is 12.6 Å². The van der Waals surface area contributed by atoms with E-state index in [9.17, 15) is 0 Å². The van der Waals surface area contributed by atoms with Crippen LogP contribution in [-0.2, 0) is 0 Å². The number of nitrogens with two attached hydrogens (primary N) is 1. The zero-order valence-electron chi connectivity index (χ0n) is 8.94. The van der Waals surface area contributed by atoms with Gasteiger partial charge in [-0.3, -0.25) is 0 Å². The maximum Gasteiger partial charge on any atom is 0.119 e. The van der Waals surface area contributed by atoms with Crippen molar-refractivity contribution < 1.29 is 9.84 Å². The second kappa shape index (κ2) is 6.40. The minimum absolute atomic E-state index is 0.0623. The van der Waals surface area contributed by atoms with Gasteiger partial charge in [0.05, 0.1) is 13.7 Å². The lowest BCUT2D eigenvalue weighted by Gasteiger charge is -2.17. The molecule has 0 spiro atoms. The Hall–Kier alpha value is -1.10. The van der Waals surface area contributed by atoms with Crippen molar-refractivity contribution >= 4 is 0 Å². The molecule has 0 saturated carbocycles. The van der Waals surface area contributed by atoms with Gasteiger partial charge in [-0.05, 0) is 17.7 Å². The standard InChI is InChI=1S/C11H18N2O2/c1-15-10-4-2-3-9(7-10)11(8-12)13-5-6-14/h2-4,7,11,13-14H,5-6,8,12H2,1H3. The second-order valence-electron chi connectivity index (χ2n) is 3.24. The van der Waals surface area contributed by atoms with Crippen molar-refractivity contribution in [3.8, 4) is 5.75 Å². The molecule has 1 unspecified atom stereocenters. The Bertz CT molecular complexity index is 292. The van der Waals surface area contributed by atoms with Gasteiger partial charge in [0.2, 0.25) is 0 Å². The topological polar surface area (TPSA) is 67.5 Å². The SMILES string of the molecule is COc1cccc(C(CN)NCCO)c1. The summed E-state index contributed by atoms with van der Waals surface area (Å²) in [5.74, 6) is 0.816. The van der Waals surface area contributed by atoms with Gasteiger partial charge in [0, 0.05) is 19.1 Å². The summed E-state index contributed by atoms with van der Waals surface area (Å²) < 4.78 is 5.14. The summed E-state index contributed by atoms with van der Waals surface area (Å²) in [6.45, 7) is 1.15. The highest BCUT2D eigenvalue weighted by Gasteiger charge is 2.08. The Balaban J connectivity index is 2.72. The molecule has 1 aromatic carbocycles. The lowest BCUT2D eigenvalue weighted by atomic mass is 10.1. The van der Waals surface area contributed by atoms with E-state index >= 15 is 0 Å². The number of benzene rings is 1. The third-order valence-corrected chi connectivity index (χ3v) is 2.23. The van der Waals surface area contributed by atoms with E-state index in [1.807, 2.05) is 24.3 Å². The summed E-state index contributed by atoms with van der Waals surface area (Å²) in [7, 11) is 1.64. The van der Waals surface area contributed by atoms with Crippen LogP contribution < -0.4 is 15.8 Å². The maximum absolute atomic E-state index is 8.73. The Kier molecular flexibility index (Phi) is 5.10. The van der Waals surface area contributed by atoms with Crippen LogP contribution in [0.25, 0.3) is 0 Å². The number of ether oxygens (including phenoxy) is 1. The molecule has 0 aliphatic carbocycles. The molecule has 0 heterocycles. The van der Waals surface area contributed by atoms with E-state index in [0.29, 0.717) is 13.1 Å². The van der Waals surface area contributed by atoms with Gasteiger partial charge in [0.15, 0.2) is 0 Å². The van der Waals surface area contributed by atoms with Crippen molar-refractivity contribution in [1.29, 1.82) is 0 Å². The van der Waals surface area contributed by atoms with Gasteiger partial charge in [0.25, 0.3) is 0 Å². The molecule has 4 nitrogen and oxygen atoms in total. The smallest absolute Gasteiger partial charge is 0.119 e. The lowest BCUT2D eigenvalue weighted by Crippen LogP contribution is -2.30. The summed E-state index contributed by atoms with van der Waals surface area (Å²) in [4.78, 5) is 0. The molecule has 84 valence electrons. The number of hydrogen-bond donors (Lipinski definition) is 3. The fourth-order valence-corrected chi connectivity index (χ4v) is 1.43. The molecule has 0 aliphatic heterocycles. The van der Waals surface area contributed by atoms with Gasteiger partial charge in [-0.2, -0.15) is 0 Å². The fourth-order valence-electron chi connectivity index (χ4n) is 1.43. The molecule has 0 amide bonds. The van der Waals surface area contributed by atoms with E-state index in [4.69, 9.17) is 15.6 Å². The maximum atomic E-state index is 8.73. The summed E-state index contributed by atoms with van der Waals surface area (Å²) in [6.07, 6.45) is 0. The van der Waals surface area contributed by atoms with Crippen LogP contribution in [0, 0.1) is 0 Å². The van der Waals surface area contributed by atoms with Gasteiger partial charge < -0.3 is 20.9 Å². The average molecular weight is 210 g/mol. The highest BCUT2D eigenvalue weighted by molar-refractivity contribution is 5.30. The number of rotatable bonds is 6. The zero-order chi connectivity index (χ0) is 11.1. The number of aliphatic hydroxyl groups excluding tert-OH is 1. The quantitative estimate of drug-likeness (QED) is 0.631. The average Bonchev–Trinajstić information content (AvgIpc) is 2.30. The Labute approximate surface area is 90.1 Å². The van der Waals surface area contributed by atoms with Crippen molar-refractivity contribution in [3.63, 3.8) is 0 Å². The van der Waals surface area contributed by atoms with Crippen molar-refractivity contribution in [1.82, 2.24) is 5.32 Å². The molecule has 1 rings (SSSR count). The summed E-state index contributed by atoms with van der Waals surface area (Å²) in [6, 6.07) is 7.82. The zero-order valence-corrected chi connectivity index (χ0v) is 8.94. The summed E-state index contributed by atoms with van der Waals surface area (Å²) in [5.41, 5.74) is 6.73. The number of nitrogens with one attached hydrogen (secondary N) is 1. The predicted molar refractivity (Wildman–Crippen MR) is 59.9 cm³/mol. The van der Waals surface area contributed by atoms with Crippen molar-refractivity contribution in [2.75, 3.05) is 26.8 Å². The fraction of sp³-hybridized carbons (Fsp3) is 0.455. The minimum Gasteiger partial charge on any atom is -0.497 e. The highest BCUT2D eigenvalue weighted by atomic mass is 16.5. The molecule has 4 N–H and O–H groups in total. The lowest BCUT2D eigenvalue weighted by molar-refractivity contribution is 0.285. The molecule has 0 bridgehead atoms. The van der Waals surface area contributed by atoms with Crippen LogP contribution in [0.1, 0.15) is 11.6 Å². The van der Waals surface area contributed by atoms with Crippen LogP contribution in [0.4, 0.5) is 0 Å². The molecule has 0 saturated heterocycles. The molecule has 0 fully saturated rings.